The number of nitrogens with zero attached hydrogens (tertiary/aromatic N) is 1. The number of rotatable bonds is 5. The first-order valence-electron chi connectivity index (χ1n) is 7.95. The fourth-order valence-corrected chi connectivity index (χ4v) is 2.46. The van der Waals surface area contributed by atoms with Gasteiger partial charge in [0.05, 0.1) is 6.04 Å². The molecule has 1 unspecified atom stereocenters. The summed E-state index contributed by atoms with van der Waals surface area (Å²) in [6.07, 6.45) is 3.27. The summed E-state index contributed by atoms with van der Waals surface area (Å²) in [5.41, 5.74) is 2.46. The maximum atomic E-state index is 12.4. The summed E-state index contributed by atoms with van der Waals surface area (Å²) < 4.78 is 0. The molecule has 1 N–H and O–H groups in total. The molecule has 0 aliphatic heterocycles. The summed E-state index contributed by atoms with van der Waals surface area (Å²) in [7, 11) is 3.35. The average Bonchev–Trinajstić information content (AvgIpc) is 2.65. The molecule has 0 heterocycles. The molecule has 0 fully saturated rings. The number of hydrogen-bond donors (Lipinski definition) is 1. The minimum absolute atomic E-state index is 0.0648. The molecule has 0 spiro atoms. The fourth-order valence-electron chi connectivity index (χ4n) is 2.33. The molecule has 0 radical (unpaired) electrons. The zero-order valence-electron chi connectivity index (χ0n) is 14.5. The van der Waals surface area contributed by atoms with Crippen LogP contribution in [0.2, 0.25) is 5.02 Å². The van der Waals surface area contributed by atoms with Gasteiger partial charge in [-0.05, 0) is 48.4 Å². The van der Waals surface area contributed by atoms with Crippen LogP contribution in [0.5, 0.6) is 0 Å². The van der Waals surface area contributed by atoms with Crippen LogP contribution < -0.4 is 5.32 Å². The topological polar surface area (TPSA) is 49.4 Å². The maximum Gasteiger partial charge on any atom is 0.251 e. The second kappa shape index (κ2) is 8.49. The van der Waals surface area contributed by atoms with E-state index in [0.717, 1.165) is 11.1 Å². The van der Waals surface area contributed by atoms with Gasteiger partial charge in [0.15, 0.2) is 0 Å². The van der Waals surface area contributed by atoms with E-state index in [-0.39, 0.29) is 17.9 Å². The van der Waals surface area contributed by atoms with Gasteiger partial charge in [-0.1, -0.05) is 35.9 Å². The summed E-state index contributed by atoms with van der Waals surface area (Å²) in [4.78, 5) is 25.5. The van der Waals surface area contributed by atoms with E-state index in [0.29, 0.717) is 10.6 Å². The van der Waals surface area contributed by atoms with Crippen molar-refractivity contribution < 1.29 is 9.59 Å². The van der Waals surface area contributed by atoms with Crippen LogP contribution in [-0.2, 0) is 4.79 Å². The highest BCUT2D eigenvalue weighted by atomic mass is 35.5. The third-order valence-corrected chi connectivity index (χ3v) is 4.35. The number of likely N-dealkylation sites (N-methyl/N-ethyl adjacent to an activating group) is 1. The second-order valence-corrected chi connectivity index (χ2v) is 6.15. The number of halogens is 1. The maximum absolute atomic E-state index is 12.4. The fraction of sp³-hybridized carbons (Fsp3) is 0.200. The van der Waals surface area contributed by atoms with Crippen LogP contribution in [0.1, 0.15) is 34.5 Å². The predicted octanol–water partition coefficient (Wildman–Crippen LogP) is 3.93. The highest BCUT2D eigenvalue weighted by Crippen LogP contribution is 2.21. The van der Waals surface area contributed by atoms with Gasteiger partial charge < -0.3 is 10.2 Å². The zero-order valence-corrected chi connectivity index (χ0v) is 15.2. The van der Waals surface area contributed by atoms with E-state index in [2.05, 4.69) is 5.32 Å². The van der Waals surface area contributed by atoms with Crippen molar-refractivity contribution in [2.45, 2.75) is 13.0 Å². The molecular formula is C20H21ClN2O2. The number of benzene rings is 2. The molecule has 130 valence electrons. The Morgan fingerprint density at radius 1 is 1.08 bits per heavy atom. The van der Waals surface area contributed by atoms with Crippen molar-refractivity contribution in [3.8, 4) is 0 Å². The molecular weight excluding hydrogens is 336 g/mol. The van der Waals surface area contributed by atoms with Crippen molar-refractivity contribution in [1.82, 2.24) is 10.2 Å². The number of carbonyl (C=O) groups is 2. The largest absolute Gasteiger partial charge is 0.355 e. The lowest BCUT2D eigenvalue weighted by molar-refractivity contribution is -0.126. The van der Waals surface area contributed by atoms with E-state index in [9.17, 15) is 9.59 Å². The van der Waals surface area contributed by atoms with Crippen LogP contribution in [0.3, 0.4) is 0 Å². The molecule has 0 bridgehead atoms. The quantitative estimate of drug-likeness (QED) is 0.825. The third-order valence-electron chi connectivity index (χ3n) is 4.10. The van der Waals surface area contributed by atoms with Crippen LogP contribution in [0.25, 0.3) is 6.08 Å². The van der Waals surface area contributed by atoms with Crippen molar-refractivity contribution in [3.05, 3.63) is 76.3 Å². The Kier molecular flexibility index (Phi) is 6.37. The van der Waals surface area contributed by atoms with Crippen molar-refractivity contribution in [2.24, 2.45) is 0 Å². The molecule has 0 aliphatic rings. The lowest BCUT2D eigenvalue weighted by atomic mass is 10.1. The molecule has 5 heteroatoms. The van der Waals surface area contributed by atoms with E-state index in [1.165, 1.54) is 6.08 Å². The molecule has 2 amide bonds. The van der Waals surface area contributed by atoms with Gasteiger partial charge in [0.2, 0.25) is 5.91 Å². The minimum atomic E-state index is -0.136. The van der Waals surface area contributed by atoms with E-state index in [1.54, 1.807) is 49.3 Å². The monoisotopic (exact) mass is 356 g/mol. The van der Waals surface area contributed by atoms with Crippen molar-refractivity contribution in [2.75, 3.05) is 14.1 Å². The van der Waals surface area contributed by atoms with Gasteiger partial charge in [0.25, 0.3) is 5.91 Å². The van der Waals surface area contributed by atoms with Crippen molar-refractivity contribution in [3.63, 3.8) is 0 Å². The molecule has 1 atom stereocenters. The first-order valence-corrected chi connectivity index (χ1v) is 8.32. The highest BCUT2D eigenvalue weighted by molar-refractivity contribution is 6.30. The Balaban J connectivity index is 2.03. The normalized spacial score (nSPS) is 12.0. The molecule has 0 aromatic heterocycles. The van der Waals surface area contributed by atoms with Gasteiger partial charge in [-0.2, -0.15) is 0 Å². The predicted molar refractivity (Wildman–Crippen MR) is 102 cm³/mol. The Bertz CT molecular complexity index is 767. The Hall–Kier alpha value is -2.59. The van der Waals surface area contributed by atoms with Gasteiger partial charge in [-0.15, -0.1) is 0 Å². The summed E-state index contributed by atoms with van der Waals surface area (Å²) >= 11 is 5.90. The van der Waals surface area contributed by atoms with Crippen LogP contribution in [-0.4, -0.2) is 30.8 Å². The number of hydrogen-bond acceptors (Lipinski definition) is 2. The Morgan fingerprint density at radius 3 is 2.24 bits per heavy atom. The Morgan fingerprint density at radius 2 is 1.68 bits per heavy atom. The van der Waals surface area contributed by atoms with Crippen LogP contribution in [0, 0.1) is 0 Å². The zero-order chi connectivity index (χ0) is 18.4. The lowest BCUT2D eigenvalue weighted by Gasteiger charge is -2.24. The van der Waals surface area contributed by atoms with E-state index < -0.39 is 0 Å². The smallest absolute Gasteiger partial charge is 0.251 e. The molecule has 25 heavy (non-hydrogen) atoms. The lowest BCUT2D eigenvalue weighted by Crippen LogP contribution is -2.27. The van der Waals surface area contributed by atoms with Gasteiger partial charge >= 0.3 is 0 Å². The Labute approximate surface area is 153 Å². The van der Waals surface area contributed by atoms with Crippen LogP contribution >= 0.6 is 11.6 Å². The first kappa shape index (κ1) is 18.7. The van der Waals surface area contributed by atoms with Crippen molar-refractivity contribution in [1.29, 1.82) is 0 Å². The SMILES string of the molecule is CNC(=O)c1ccc(/C=C/C(=O)N(C)C(C)c2ccc(Cl)cc2)cc1. The van der Waals surface area contributed by atoms with E-state index in [4.69, 9.17) is 11.6 Å². The molecule has 0 saturated carbocycles. The average molecular weight is 357 g/mol. The summed E-state index contributed by atoms with van der Waals surface area (Å²) in [5, 5.41) is 3.24. The van der Waals surface area contributed by atoms with Gasteiger partial charge in [0, 0.05) is 30.8 Å². The van der Waals surface area contributed by atoms with Crippen molar-refractivity contribution >= 4 is 29.5 Å². The second-order valence-electron chi connectivity index (χ2n) is 5.71. The highest BCUT2D eigenvalue weighted by Gasteiger charge is 2.15. The molecule has 2 aromatic carbocycles. The van der Waals surface area contributed by atoms with Gasteiger partial charge in [-0.3, -0.25) is 9.59 Å². The summed E-state index contributed by atoms with van der Waals surface area (Å²) in [6.45, 7) is 1.97. The number of amides is 2. The molecule has 0 saturated heterocycles. The molecule has 4 nitrogen and oxygen atoms in total. The van der Waals surface area contributed by atoms with Crippen LogP contribution in [0.15, 0.2) is 54.6 Å². The minimum Gasteiger partial charge on any atom is -0.355 e. The van der Waals surface area contributed by atoms with E-state index >= 15 is 0 Å². The molecule has 0 aliphatic carbocycles. The number of nitrogens with one attached hydrogen (secondary N) is 1. The third kappa shape index (κ3) is 4.94. The number of carbonyl (C=O) groups excluding carboxylic acids is 2. The van der Waals surface area contributed by atoms with Gasteiger partial charge in [-0.25, -0.2) is 0 Å². The van der Waals surface area contributed by atoms with Crippen LogP contribution in [0.4, 0.5) is 0 Å². The van der Waals surface area contributed by atoms with E-state index in [1.807, 2.05) is 31.2 Å². The summed E-state index contributed by atoms with van der Waals surface area (Å²) in [5.74, 6) is -0.235. The van der Waals surface area contributed by atoms with Gasteiger partial charge in [0.1, 0.15) is 0 Å². The standard InChI is InChI=1S/C20H21ClN2O2/c1-14(16-9-11-18(21)12-10-16)23(3)19(24)13-6-15-4-7-17(8-5-15)20(25)22-2/h4-14H,1-3H3,(H,22,25)/b13-6+. The molecule has 2 aromatic rings. The summed E-state index contributed by atoms with van der Waals surface area (Å²) in [6, 6.07) is 14.5. The first-order chi connectivity index (χ1) is 11.9. The molecule has 2 rings (SSSR count).